The average Bonchev–Trinajstić information content (AvgIpc) is 2.68. The molecule has 16 heavy (non-hydrogen) atoms. The Kier molecular flexibility index (Phi) is 4.00. The first kappa shape index (κ1) is 12.1. The van der Waals surface area contributed by atoms with Crippen LogP contribution in [0.4, 0.5) is 0 Å². The third-order valence-electron chi connectivity index (χ3n) is 2.39. The molecule has 2 rings (SSSR count). The zero-order valence-corrected chi connectivity index (χ0v) is 11.9. The Hall–Kier alpha value is -0.380. The molecule has 0 aliphatic heterocycles. The number of rotatable bonds is 3. The molecule has 0 bridgehead atoms. The van der Waals surface area contributed by atoms with E-state index in [9.17, 15) is 0 Å². The van der Waals surface area contributed by atoms with Crippen LogP contribution in [0.15, 0.2) is 30.5 Å². The molecule has 0 radical (unpaired) electrons. The Balaban J connectivity index is 2.13. The molecule has 0 spiro atoms. The topological polar surface area (TPSA) is 12.9 Å². The van der Waals surface area contributed by atoms with E-state index in [2.05, 4.69) is 40.0 Å². The van der Waals surface area contributed by atoms with Gasteiger partial charge in [0.1, 0.15) is 0 Å². The van der Waals surface area contributed by atoms with Crippen LogP contribution in [0.1, 0.15) is 21.0 Å². The summed E-state index contributed by atoms with van der Waals surface area (Å²) in [5.41, 5.74) is 2.36. The second-order valence-corrected chi connectivity index (χ2v) is 6.43. The van der Waals surface area contributed by atoms with Gasteiger partial charge in [-0.2, -0.15) is 0 Å². The third kappa shape index (κ3) is 2.84. The van der Waals surface area contributed by atoms with Gasteiger partial charge in [0.15, 0.2) is 0 Å². The molecule has 0 fully saturated rings. The number of hydrogen-bond acceptors (Lipinski definition) is 2. The van der Waals surface area contributed by atoms with Crippen molar-refractivity contribution in [1.29, 1.82) is 0 Å². The molecular weight excluding hydrogens is 306 g/mol. The number of hydrogen-bond donors (Lipinski definition) is 0. The largest absolute Gasteiger partial charge is 0.261 e. The Labute approximate surface area is 113 Å². The van der Waals surface area contributed by atoms with Gasteiger partial charge in [-0.1, -0.05) is 33.6 Å². The number of aromatic nitrogens is 1. The summed E-state index contributed by atoms with van der Waals surface area (Å²) >= 11 is 11.2. The summed E-state index contributed by atoms with van der Waals surface area (Å²) in [5.74, 6) is 0. The van der Waals surface area contributed by atoms with Crippen molar-refractivity contribution in [3.63, 3.8) is 0 Å². The summed E-state index contributed by atoms with van der Waals surface area (Å²) in [6, 6.07) is 8.04. The molecule has 0 saturated heterocycles. The standard InChI is InChI=1S/C12H11BrClNS/c1-8-3-2-6-15-10(8)7-9(13)11-4-5-12(14)16-11/h2-6,9H,7H2,1H3. The minimum atomic E-state index is 0.290. The van der Waals surface area contributed by atoms with E-state index in [1.807, 2.05) is 18.3 Å². The van der Waals surface area contributed by atoms with E-state index in [1.54, 1.807) is 11.3 Å². The Bertz CT molecular complexity index is 483. The molecule has 0 aliphatic rings. The van der Waals surface area contributed by atoms with Crippen molar-refractivity contribution < 1.29 is 0 Å². The lowest BCUT2D eigenvalue weighted by molar-refractivity contribution is 0.905. The Morgan fingerprint density at radius 3 is 2.88 bits per heavy atom. The van der Waals surface area contributed by atoms with Gasteiger partial charge in [-0.3, -0.25) is 4.98 Å². The highest BCUT2D eigenvalue weighted by atomic mass is 79.9. The third-order valence-corrected chi connectivity index (χ3v) is 4.86. The van der Waals surface area contributed by atoms with Gasteiger partial charge < -0.3 is 0 Å². The molecule has 0 amide bonds. The summed E-state index contributed by atoms with van der Waals surface area (Å²) in [7, 11) is 0. The highest BCUT2D eigenvalue weighted by Gasteiger charge is 2.12. The van der Waals surface area contributed by atoms with Crippen LogP contribution in [0.25, 0.3) is 0 Å². The molecule has 0 aromatic carbocycles. The highest BCUT2D eigenvalue weighted by Crippen LogP contribution is 2.34. The van der Waals surface area contributed by atoms with Crippen molar-refractivity contribution in [1.82, 2.24) is 4.98 Å². The van der Waals surface area contributed by atoms with E-state index in [1.165, 1.54) is 10.4 Å². The number of halogens is 2. The molecule has 1 nitrogen and oxygen atoms in total. The van der Waals surface area contributed by atoms with Crippen molar-refractivity contribution in [2.45, 2.75) is 18.2 Å². The van der Waals surface area contributed by atoms with Gasteiger partial charge in [-0.25, -0.2) is 0 Å². The van der Waals surface area contributed by atoms with Crippen molar-refractivity contribution in [2.75, 3.05) is 0 Å². The fourth-order valence-corrected chi connectivity index (χ4v) is 3.28. The molecule has 2 aromatic rings. The summed E-state index contributed by atoms with van der Waals surface area (Å²) in [4.78, 5) is 5.93. The van der Waals surface area contributed by atoms with Crippen LogP contribution in [0.5, 0.6) is 0 Å². The summed E-state index contributed by atoms with van der Waals surface area (Å²) in [6.07, 6.45) is 2.73. The van der Waals surface area contributed by atoms with Crippen LogP contribution in [0.3, 0.4) is 0 Å². The van der Waals surface area contributed by atoms with Gasteiger partial charge in [0.25, 0.3) is 0 Å². The quantitative estimate of drug-likeness (QED) is 0.742. The van der Waals surface area contributed by atoms with Crippen LogP contribution in [-0.2, 0) is 6.42 Å². The first-order chi connectivity index (χ1) is 7.66. The van der Waals surface area contributed by atoms with Gasteiger partial charge >= 0.3 is 0 Å². The predicted molar refractivity (Wildman–Crippen MR) is 73.7 cm³/mol. The van der Waals surface area contributed by atoms with E-state index >= 15 is 0 Å². The lowest BCUT2D eigenvalue weighted by atomic mass is 10.1. The monoisotopic (exact) mass is 315 g/mol. The van der Waals surface area contributed by atoms with Crippen LogP contribution >= 0.6 is 38.9 Å². The number of aryl methyl sites for hydroxylation is 1. The molecule has 0 saturated carbocycles. The van der Waals surface area contributed by atoms with E-state index < -0.39 is 0 Å². The molecule has 84 valence electrons. The van der Waals surface area contributed by atoms with Gasteiger partial charge in [-0.05, 0) is 30.7 Å². The maximum Gasteiger partial charge on any atom is 0.0931 e. The summed E-state index contributed by atoms with van der Waals surface area (Å²) in [6.45, 7) is 2.09. The summed E-state index contributed by atoms with van der Waals surface area (Å²) in [5, 5.41) is 0. The number of nitrogens with zero attached hydrogens (tertiary/aromatic N) is 1. The highest BCUT2D eigenvalue weighted by molar-refractivity contribution is 9.09. The molecule has 2 aromatic heterocycles. The van der Waals surface area contributed by atoms with Crippen molar-refractivity contribution in [3.05, 3.63) is 50.9 Å². The fraction of sp³-hybridized carbons (Fsp3) is 0.250. The fourth-order valence-electron chi connectivity index (χ4n) is 1.50. The van der Waals surface area contributed by atoms with Gasteiger partial charge in [-0.15, -0.1) is 11.3 Å². The molecule has 4 heteroatoms. The molecule has 0 aliphatic carbocycles. The maximum absolute atomic E-state index is 5.92. The van der Waals surface area contributed by atoms with E-state index in [0.29, 0.717) is 4.83 Å². The van der Waals surface area contributed by atoms with Gasteiger partial charge in [0, 0.05) is 23.2 Å². The lowest BCUT2D eigenvalue weighted by Crippen LogP contribution is -1.98. The lowest BCUT2D eigenvalue weighted by Gasteiger charge is -2.08. The number of pyridine rings is 1. The van der Waals surface area contributed by atoms with Crippen LogP contribution in [0, 0.1) is 6.92 Å². The van der Waals surface area contributed by atoms with Crippen LogP contribution in [0.2, 0.25) is 4.34 Å². The number of thiophene rings is 1. The first-order valence-corrected chi connectivity index (χ1v) is 7.07. The second kappa shape index (κ2) is 5.30. The normalized spacial score (nSPS) is 12.7. The van der Waals surface area contributed by atoms with Crippen molar-refractivity contribution >= 4 is 38.9 Å². The minimum absolute atomic E-state index is 0.290. The molecule has 0 N–H and O–H groups in total. The van der Waals surface area contributed by atoms with E-state index in [4.69, 9.17) is 11.6 Å². The van der Waals surface area contributed by atoms with Crippen LogP contribution < -0.4 is 0 Å². The smallest absolute Gasteiger partial charge is 0.0931 e. The Morgan fingerprint density at radius 2 is 2.25 bits per heavy atom. The van der Waals surface area contributed by atoms with E-state index in [0.717, 1.165) is 16.5 Å². The Morgan fingerprint density at radius 1 is 1.44 bits per heavy atom. The first-order valence-electron chi connectivity index (χ1n) is 4.96. The summed E-state index contributed by atoms with van der Waals surface area (Å²) < 4.78 is 0.831. The minimum Gasteiger partial charge on any atom is -0.261 e. The van der Waals surface area contributed by atoms with Crippen LogP contribution in [-0.4, -0.2) is 4.98 Å². The van der Waals surface area contributed by atoms with Crippen molar-refractivity contribution in [2.24, 2.45) is 0 Å². The second-order valence-electron chi connectivity index (χ2n) is 3.58. The molecular formula is C12H11BrClNS. The average molecular weight is 317 g/mol. The molecule has 1 atom stereocenters. The number of alkyl halides is 1. The van der Waals surface area contributed by atoms with Gasteiger partial charge in [0.2, 0.25) is 0 Å². The molecule has 1 unspecified atom stereocenters. The molecule has 2 heterocycles. The maximum atomic E-state index is 5.92. The van der Waals surface area contributed by atoms with Crippen molar-refractivity contribution in [3.8, 4) is 0 Å². The van der Waals surface area contributed by atoms with E-state index in [-0.39, 0.29) is 0 Å². The SMILES string of the molecule is Cc1cccnc1CC(Br)c1ccc(Cl)s1. The zero-order valence-electron chi connectivity index (χ0n) is 8.78. The van der Waals surface area contributed by atoms with Gasteiger partial charge in [0.05, 0.1) is 9.16 Å². The predicted octanol–water partition coefficient (Wildman–Crippen LogP) is 4.78. The zero-order chi connectivity index (χ0) is 11.5.